The van der Waals surface area contributed by atoms with E-state index in [1.807, 2.05) is 30.3 Å². The molecule has 2 aliphatic heterocycles. The van der Waals surface area contributed by atoms with Gasteiger partial charge in [0, 0.05) is 11.3 Å². The minimum Gasteiger partial charge on any atom is -0.492 e. The van der Waals surface area contributed by atoms with Crippen LogP contribution >= 0.6 is 0 Å². The van der Waals surface area contributed by atoms with Crippen molar-refractivity contribution in [3.63, 3.8) is 0 Å². The lowest BCUT2D eigenvalue weighted by atomic mass is 9.96. The van der Waals surface area contributed by atoms with Crippen molar-refractivity contribution in [1.29, 1.82) is 0 Å². The lowest BCUT2D eigenvalue weighted by Crippen LogP contribution is -2.42. The maximum absolute atomic E-state index is 13.0. The van der Waals surface area contributed by atoms with Crippen molar-refractivity contribution >= 4 is 34.8 Å². The molecule has 3 aromatic rings. The van der Waals surface area contributed by atoms with E-state index in [1.54, 1.807) is 42.5 Å². The Bertz CT molecular complexity index is 1210. The van der Waals surface area contributed by atoms with E-state index in [4.69, 9.17) is 4.74 Å². The number of fused-ring (bicyclic) bond motifs is 2. The molecule has 5 rings (SSSR count). The molecule has 7 nitrogen and oxygen atoms in total. The molecule has 0 aliphatic carbocycles. The Morgan fingerprint density at radius 1 is 0.969 bits per heavy atom. The summed E-state index contributed by atoms with van der Waals surface area (Å²) in [4.78, 5) is 39.2. The van der Waals surface area contributed by atoms with Gasteiger partial charge in [-0.3, -0.25) is 19.3 Å². The SMILES string of the molecule is O=C1CN(C(=O)c2ccc(NC(=O)C3COc4ccccc4C3)cc2)c2ccccc2N1. The van der Waals surface area contributed by atoms with Gasteiger partial charge >= 0.3 is 0 Å². The van der Waals surface area contributed by atoms with Crippen molar-refractivity contribution in [3.05, 3.63) is 83.9 Å². The number of anilines is 3. The summed E-state index contributed by atoms with van der Waals surface area (Å²) >= 11 is 0. The first-order valence-electron chi connectivity index (χ1n) is 10.4. The highest BCUT2D eigenvalue weighted by Crippen LogP contribution is 2.30. The molecule has 32 heavy (non-hydrogen) atoms. The van der Waals surface area contributed by atoms with Crippen molar-refractivity contribution < 1.29 is 19.1 Å². The molecule has 160 valence electrons. The number of hydrogen-bond donors (Lipinski definition) is 2. The number of carbonyl (C=O) groups excluding carboxylic acids is 3. The van der Waals surface area contributed by atoms with E-state index in [9.17, 15) is 14.4 Å². The molecule has 1 unspecified atom stereocenters. The van der Waals surface area contributed by atoms with Gasteiger partial charge in [-0.05, 0) is 54.4 Å². The zero-order chi connectivity index (χ0) is 22.1. The fourth-order valence-corrected chi connectivity index (χ4v) is 4.01. The summed E-state index contributed by atoms with van der Waals surface area (Å²) in [5, 5.41) is 5.68. The van der Waals surface area contributed by atoms with E-state index in [2.05, 4.69) is 10.6 Å². The van der Waals surface area contributed by atoms with Gasteiger partial charge in [0.1, 0.15) is 18.9 Å². The van der Waals surface area contributed by atoms with Crippen LogP contribution in [-0.4, -0.2) is 30.9 Å². The highest BCUT2D eigenvalue weighted by Gasteiger charge is 2.28. The van der Waals surface area contributed by atoms with Gasteiger partial charge in [0.2, 0.25) is 11.8 Å². The Morgan fingerprint density at radius 3 is 2.56 bits per heavy atom. The quantitative estimate of drug-likeness (QED) is 0.670. The van der Waals surface area contributed by atoms with Gasteiger partial charge in [-0.25, -0.2) is 0 Å². The second-order valence-corrected chi connectivity index (χ2v) is 7.84. The monoisotopic (exact) mass is 427 g/mol. The van der Waals surface area contributed by atoms with Gasteiger partial charge < -0.3 is 15.4 Å². The first kappa shape index (κ1) is 19.8. The fraction of sp³-hybridized carbons (Fsp3) is 0.160. The van der Waals surface area contributed by atoms with Gasteiger partial charge in [-0.2, -0.15) is 0 Å². The molecule has 0 saturated heterocycles. The van der Waals surface area contributed by atoms with E-state index >= 15 is 0 Å². The molecule has 0 spiro atoms. The van der Waals surface area contributed by atoms with Crippen molar-refractivity contribution in [2.75, 3.05) is 28.7 Å². The molecule has 0 bridgehead atoms. The van der Waals surface area contributed by atoms with Gasteiger partial charge in [0.25, 0.3) is 5.91 Å². The van der Waals surface area contributed by atoms with Crippen LogP contribution in [0.2, 0.25) is 0 Å². The minimum atomic E-state index is -0.283. The third kappa shape index (κ3) is 3.80. The van der Waals surface area contributed by atoms with Crippen LogP contribution in [0.4, 0.5) is 17.1 Å². The van der Waals surface area contributed by atoms with Crippen LogP contribution < -0.4 is 20.3 Å². The molecule has 3 aromatic carbocycles. The highest BCUT2D eigenvalue weighted by atomic mass is 16.5. The van der Waals surface area contributed by atoms with Gasteiger partial charge in [0.15, 0.2) is 0 Å². The zero-order valence-corrected chi connectivity index (χ0v) is 17.2. The molecule has 2 aliphatic rings. The van der Waals surface area contributed by atoms with Crippen LogP contribution in [0.5, 0.6) is 5.75 Å². The Hall–Kier alpha value is -4.13. The summed E-state index contributed by atoms with van der Waals surface area (Å²) in [5.74, 6) is -0.0955. The number of benzene rings is 3. The van der Waals surface area contributed by atoms with Crippen molar-refractivity contribution in [3.8, 4) is 5.75 Å². The number of nitrogens with zero attached hydrogens (tertiary/aromatic N) is 1. The van der Waals surface area contributed by atoms with Gasteiger partial charge in [0.05, 0.1) is 17.3 Å². The number of para-hydroxylation sites is 3. The van der Waals surface area contributed by atoms with E-state index in [-0.39, 0.29) is 30.2 Å². The molecular formula is C25H21N3O4. The predicted molar refractivity (Wildman–Crippen MR) is 121 cm³/mol. The fourth-order valence-electron chi connectivity index (χ4n) is 4.01. The molecule has 2 N–H and O–H groups in total. The molecule has 0 saturated carbocycles. The number of rotatable bonds is 3. The van der Waals surface area contributed by atoms with Crippen LogP contribution in [0.1, 0.15) is 15.9 Å². The summed E-state index contributed by atoms with van der Waals surface area (Å²) in [6, 6.07) is 21.6. The van der Waals surface area contributed by atoms with Crippen LogP contribution in [0.25, 0.3) is 0 Å². The van der Waals surface area contributed by atoms with E-state index in [0.717, 1.165) is 11.3 Å². The molecule has 1 atom stereocenters. The van der Waals surface area contributed by atoms with Gasteiger partial charge in [-0.1, -0.05) is 30.3 Å². The van der Waals surface area contributed by atoms with Crippen LogP contribution in [0.15, 0.2) is 72.8 Å². The minimum absolute atomic E-state index is 0.0442. The van der Waals surface area contributed by atoms with Crippen molar-refractivity contribution in [2.24, 2.45) is 5.92 Å². The molecule has 0 fully saturated rings. The Kier molecular flexibility index (Phi) is 5.07. The van der Waals surface area contributed by atoms with E-state index in [0.29, 0.717) is 35.7 Å². The van der Waals surface area contributed by atoms with Gasteiger partial charge in [-0.15, -0.1) is 0 Å². The third-order valence-electron chi connectivity index (χ3n) is 5.66. The van der Waals surface area contributed by atoms with Crippen molar-refractivity contribution in [2.45, 2.75) is 6.42 Å². The molecule has 0 radical (unpaired) electrons. The molecule has 2 heterocycles. The smallest absolute Gasteiger partial charge is 0.258 e. The average Bonchev–Trinajstić information content (AvgIpc) is 2.83. The maximum Gasteiger partial charge on any atom is 0.258 e. The maximum atomic E-state index is 13.0. The highest BCUT2D eigenvalue weighted by molar-refractivity contribution is 6.15. The first-order chi connectivity index (χ1) is 15.6. The number of amides is 3. The van der Waals surface area contributed by atoms with E-state index < -0.39 is 0 Å². The summed E-state index contributed by atoms with van der Waals surface area (Å²) in [7, 11) is 0. The number of carbonyl (C=O) groups is 3. The average molecular weight is 427 g/mol. The lowest BCUT2D eigenvalue weighted by molar-refractivity contribution is -0.121. The topological polar surface area (TPSA) is 87.7 Å². The zero-order valence-electron chi connectivity index (χ0n) is 17.2. The third-order valence-corrected chi connectivity index (χ3v) is 5.66. The van der Waals surface area contributed by atoms with Crippen LogP contribution in [0.3, 0.4) is 0 Å². The largest absolute Gasteiger partial charge is 0.492 e. The Morgan fingerprint density at radius 2 is 1.72 bits per heavy atom. The number of hydrogen-bond acceptors (Lipinski definition) is 4. The summed E-state index contributed by atoms with van der Waals surface area (Å²) < 4.78 is 5.71. The van der Waals surface area contributed by atoms with Crippen molar-refractivity contribution in [1.82, 2.24) is 0 Å². The molecule has 7 heteroatoms. The summed E-state index contributed by atoms with van der Waals surface area (Å²) in [6.45, 7) is 0.285. The number of ether oxygens (including phenoxy) is 1. The molecule has 3 amide bonds. The standard InChI is InChI=1S/C25H21N3O4/c29-23-14-28(21-7-3-2-6-20(21)27-23)25(31)16-9-11-19(12-10-16)26-24(30)18-13-17-5-1-4-8-22(17)32-15-18/h1-12,18H,13-15H2,(H,26,30)(H,27,29). The molecular weight excluding hydrogens is 406 g/mol. The first-order valence-corrected chi connectivity index (χ1v) is 10.4. The lowest BCUT2D eigenvalue weighted by Gasteiger charge is -2.29. The summed E-state index contributed by atoms with van der Waals surface area (Å²) in [6.07, 6.45) is 0.620. The number of nitrogens with one attached hydrogen (secondary N) is 2. The normalized spacial score (nSPS) is 16.8. The second-order valence-electron chi connectivity index (χ2n) is 7.84. The van der Waals surface area contributed by atoms with Crippen LogP contribution in [0, 0.1) is 5.92 Å². The summed E-state index contributed by atoms with van der Waals surface area (Å²) in [5.41, 5.74) is 3.32. The molecule has 0 aromatic heterocycles. The Labute approximate surface area is 185 Å². The predicted octanol–water partition coefficient (Wildman–Crippen LogP) is 3.48. The van der Waals surface area contributed by atoms with E-state index in [1.165, 1.54) is 4.90 Å². The second kappa shape index (κ2) is 8.19. The Balaban J connectivity index is 1.27. The van der Waals surface area contributed by atoms with Crippen LogP contribution in [-0.2, 0) is 16.0 Å².